The molecular formula is C19H25N5O3. The molecule has 0 atom stereocenters. The number of carbonyl (C=O) groups excluding carboxylic acids is 2. The van der Waals surface area contributed by atoms with Gasteiger partial charge in [0, 0.05) is 46.0 Å². The molecule has 27 heavy (non-hydrogen) atoms. The second-order valence-electron chi connectivity index (χ2n) is 6.55. The molecule has 1 fully saturated rings. The van der Waals surface area contributed by atoms with Crippen LogP contribution in [-0.4, -0.2) is 71.2 Å². The maximum absolute atomic E-state index is 12.4. The highest BCUT2D eigenvalue weighted by molar-refractivity contribution is 5.98. The van der Waals surface area contributed by atoms with E-state index in [4.69, 9.17) is 4.74 Å². The Hall–Kier alpha value is -2.87. The van der Waals surface area contributed by atoms with Gasteiger partial charge in [-0.3, -0.25) is 19.2 Å². The second-order valence-corrected chi connectivity index (χ2v) is 6.55. The summed E-state index contributed by atoms with van der Waals surface area (Å²) in [7, 11) is 3.17. The lowest BCUT2D eigenvalue weighted by Gasteiger charge is -2.34. The molecule has 3 rings (SSSR count). The average Bonchev–Trinajstić information content (AvgIpc) is 3.08. The minimum Gasteiger partial charge on any atom is -0.479 e. The van der Waals surface area contributed by atoms with Gasteiger partial charge in [0.05, 0.1) is 13.7 Å². The summed E-state index contributed by atoms with van der Waals surface area (Å²) in [4.78, 5) is 28.8. The molecule has 0 saturated carbocycles. The quantitative estimate of drug-likeness (QED) is 0.800. The lowest BCUT2D eigenvalue weighted by atomic mass is 10.2. The number of carbonyl (C=O) groups is 2. The fourth-order valence-electron chi connectivity index (χ4n) is 3.13. The predicted octanol–water partition coefficient (Wildman–Crippen LogP) is 0.503. The molecule has 0 bridgehead atoms. The van der Waals surface area contributed by atoms with E-state index in [1.807, 2.05) is 18.2 Å². The first-order valence-corrected chi connectivity index (χ1v) is 8.96. The summed E-state index contributed by atoms with van der Waals surface area (Å²) in [5, 5.41) is 6.70. The Balaban J connectivity index is 1.45. The van der Waals surface area contributed by atoms with E-state index in [9.17, 15) is 9.59 Å². The van der Waals surface area contributed by atoms with Gasteiger partial charge in [-0.05, 0) is 5.56 Å². The maximum atomic E-state index is 12.4. The number of amides is 2. The molecule has 1 aliphatic rings. The van der Waals surface area contributed by atoms with Crippen LogP contribution in [0, 0.1) is 0 Å². The second kappa shape index (κ2) is 8.68. The highest BCUT2D eigenvalue weighted by atomic mass is 16.5. The molecule has 0 unspecified atom stereocenters. The Morgan fingerprint density at radius 3 is 2.52 bits per heavy atom. The largest absolute Gasteiger partial charge is 0.479 e. The molecule has 2 heterocycles. The average molecular weight is 371 g/mol. The highest BCUT2D eigenvalue weighted by Gasteiger charge is 2.22. The van der Waals surface area contributed by atoms with Crippen LogP contribution in [0.4, 0.5) is 0 Å². The van der Waals surface area contributed by atoms with E-state index in [-0.39, 0.29) is 24.2 Å². The molecule has 144 valence electrons. The summed E-state index contributed by atoms with van der Waals surface area (Å²) >= 11 is 0. The zero-order valence-electron chi connectivity index (χ0n) is 15.7. The van der Waals surface area contributed by atoms with E-state index in [1.54, 1.807) is 18.1 Å². The number of nitrogens with zero attached hydrogens (tertiary/aromatic N) is 4. The minimum atomic E-state index is -0.365. The third-order valence-electron chi connectivity index (χ3n) is 4.61. The van der Waals surface area contributed by atoms with Crippen molar-refractivity contribution in [1.82, 2.24) is 24.9 Å². The lowest BCUT2D eigenvalue weighted by Crippen LogP contribution is -2.50. The van der Waals surface area contributed by atoms with Crippen molar-refractivity contribution in [1.29, 1.82) is 0 Å². The van der Waals surface area contributed by atoms with Crippen LogP contribution in [0.1, 0.15) is 15.9 Å². The SMILES string of the molecule is COc1nn(C)cc1C(=O)NCC(=O)N1CCN(Cc2ccccc2)CC1. The third kappa shape index (κ3) is 4.85. The molecule has 2 amide bonds. The standard InChI is InChI=1S/C19H25N5O3/c1-22-14-16(19(21-22)27-2)18(26)20-12-17(25)24-10-8-23(9-11-24)13-15-6-4-3-5-7-15/h3-7,14H,8-13H2,1-2H3,(H,20,26). The van der Waals surface area contributed by atoms with Gasteiger partial charge in [-0.25, -0.2) is 0 Å². The van der Waals surface area contributed by atoms with Crippen molar-refractivity contribution >= 4 is 11.8 Å². The van der Waals surface area contributed by atoms with Gasteiger partial charge >= 0.3 is 0 Å². The number of aryl methyl sites for hydroxylation is 1. The summed E-state index contributed by atoms with van der Waals surface area (Å²) in [5.74, 6) is -0.196. The van der Waals surface area contributed by atoms with Crippen molar-refractivity contribution in [3.8, 4) is 5.88 Å². The van der Waals surface area contributed by atoms with Crippen molar-refractivity contribution in [3.63, 3.8) is 0 Å². The predicted molar refractivity (Wildman–Crippen MR) is 100 cm³/mol. The summed E-state index contributed by atoms with van der Waals surface area (Å²) in [6, 6.07) is 10.3. The van der Waals surface area contributed by atoms with Gasteiger partial charge in [-0.2, -0.15) is 0 Å². The fraction of sp³-hybridized carbons (Fsp3) is 0.421. The van der Waals surface area contributed by atoms with Crippen molar-refractivity contribution < 1.29 is 14.3 Å². The molecular weight excluding hydrogens is 346 g/mol. The molecule has 1 aromatic carbocycles. The number of benzene rings is 1. The van der Waals surface area contributed by atoms with Crippen LogP contribution < -0.4 is 10.1 Å². The normalized spacial score (nSPS) is 14.8. The molecule has 2 aromatic rings. The Morgan fingerprint density at radius 1 is 1.15 bits per heavy atom. The summed E-state index contributed by atoms with van der Waals surface area (Å²) in [6.07, 6.45) is 1.57. The Kier molecular flexibility index (Phi) is 6.08. The third-order valence-corrected chi connectivity index (χ3v) is 4.61. The number of ether oxygens (including phenoxy) is 1. The van der Waals surface area contributed by atoms with E-state index in [2.05, 4.69) is 27.4 Å². The van der Waals surface area contributed by atoms with Crippen LogP contribution in [0.3, 0.4) is 0 Å². The van der Waals surface area contributed by atoms with Crippen LogP contribution in [0.2, 0.25) is 0 Å². The number of piperazine rings is 1. The van der Waals surface area contributed by atoms with E-state index < -0.39 is 0 Å². The van der Waals surface area contributed by atoms with Gasteiger partial charge in [0.15, 0.2) is 0 Å². The van der Waals surface area contributed by atoms with E-state index in [0.717, 1.165) is 19.6 Å². The van der Waals surface area contributed by atoms with Crippen molar-refractivity contribution in [2.45, 2.75) is 6.54 Å². The van der Waals surface area contributed by atoms with Crippen LogP contribution in [0.5, 0.6) is 5.88 Å². The van der Waals surface area contributed by atoms with Crippen molar-refractivity contribution in [3.05, 3.63) is 47.7 Å². The summed E-state index contributed by atoms with van der Waals surface area (Å²) in [6.45, 7) is 3.83. The first-order valence-electron chi connectivity index (χ1n) is 8.96. The first-order chi connectivity index (χ1) is 13.1. The number of aromatic nitrogens is 2. The number of hydrogen-bond acceptors (Lipinski definition) is 5. The zero-order chi connectivity index (χ0) is 19.2. The van der Waals surface area contributed by atoms with Gasteiger partial charge in [0.1, 0.15) is 5.56 Å². The number of methoxy groups -OCH3 is 1. The molecule has 1 saturated heterocycles. The van der Waals surface area contributed by atoms with E-state index in [1.165, 1.54) is 17.4 Å². The van der Waals surface area contributed by atoms with Crippen molar-refractivity contribution in [2.24, 2.45) is 7.05 Å². The Bertz CT molecular complexity index is 782. The monoisotopic (exact) mass is 371 g/mol. The van der Waals surface area contributed by atoms with Gasteiger partial charge in [0.25, 0.3) is 5.91 Å². The van der Waals surface area contributed by atoms with Crippen LogP contribution in [0.15, 0.2) is 36.5 Å². The van der Waals surface area contributed by atoms with Crippen LogP contribution >= 0.6 is 0 Å². The summed E-state index contributed by atoms with van der Waals surface area (Å²) in [5.41, 5.74) is 1.59. The van der Waals surface area contributed by atoms with Crippen molar-refractivity contribution in [2.75, 3.05) is 39.8 Å². The Morgan fingerprint density at radius 2 is 1.85 bits per heavy atom. The number of nitrogens with one attached hydrogen (secondary N) is 1. The molecule has 0 spiro atoms. The molecule has 0 radical (unpaired) electrons. The number of rotatable bonds is 6. The molecule has 1 N–H and O–H groups in total. The maximum Gasteiger partial charge on any atom is 0.258 e. The van der Waals surface area contributed by atoms with Gasteiger partial charge in [-0.15, -0.1) is 5.10 Å². The molecule has 0 aliphatic carbocycles. The van der Waals surface area contributed by atoms with E-state index >= 15 is 0 Å². The Labute approximate surface area is 158 Å². The smallest absolute Gasteiger partial charge is 0.258 e. The first kappa shape index (κ1) is 18.9. The molecule has 1 aliphatic heterocycles. The lowest BCUT2D eigenvalue weighted by molar-refractivity contribution is -0.131. The van der Waals surface area contributed by atoms with Crippen LogP contribution in [0.25, 0.3) is 0 Å². The molecule has 8 nitrogen and oxygen atoms in total. The van der Waals surface area contributed by atoms with E-state index in [0.29, 0.717) is 18.7 Å². The highest BCUT2D eigenvalue weighted by Crippen LogP contribution is 2.14. The fourth-order valence-corrected chi connectivity index (χ4v) is 3.13. The zero-order valence-corrected chi connectivity index (χ0v) is 15.7. The van der Waals surface area contributed by atoms with Gasteiger partial charge in [0.2, 0.25) is 11.8 Å². The topological polar surface area (TPSA) is 79.7 Å². The minimum absolute atomic E-state index is 0.0322. The summed E-state index contributed by atoms with van der Waals surface area (Å²) < 4.78 is 6.58. The van der Waals surface area contributed by atoms with Gasteiger partial charge in [-0.1, -0.05) is 30.3 Å². The molecule has 1 aromatic heterocycles. The number of hydrogen-bond donors (Lipinski definition) is 1. The van der Waals surface area contributed by atoms with Crippen LogP contribution in [-0.2, 0) is 18.4 Å². The molecule has 8 heteroatoms. The van der Waals surface area contributed by atoms with Gasteiger partial charge < -0.3 is 15.0 Å².